The average molecular weight is 458 g/mol. The van der Waals surface area contributed by atoms with Crippen molar-refractivity contribution < 1.29 is 18.9 Å². The number of ether oxygens (including phenoxy) is 4. The van der Waals surface area contributed by atoms with E-state index < -0.39 is 0 Å². The summed E-state index contributed by atoms with van der Waals surface area (Å²) in [7, 11) is 4.97. The zero-order chi connectivity index (χ0) is 22.1. The Kier molecular flexibility index (Phi) is 10.2. The van der Waals surface area contributed by atoms with E-state index in [9.17, 15) is 0 Å². The highest BCUT2D eigenvalue weighted by molar-refractivity contribution is 5.85. The van der Waals surface area contributed by atoms with E-state index in [0.29, 0.717) is 13.2 Å². The number of nitrogens with one attached hydrogen (secondary N) is 1. The molecule has 0 atom stereocenters. The summed E-state index contributed by atoms with van der Waals surface area (Å²) in [6, 6.07) is 20.4. The predicted octanol–water partition coefficient (Wildman–Crippen LogP) is 5.35. The second kappa shape index (κ2) is 12.8. The van der Waals surface area contributed by atoms with Gasteiger partial charge in [-0.1, -0.05) is 48.0 Å². The van der Waals surface area contributed by atoms with Crippen LogP contribution in [0.4, 0.5) is 0 Å². The third-order valence-electron chi connectivity index (χ3n) is 5.14. The lowest BCUT2D eigenvalue weighted by molar-refractivity contribution is 0.280. The molecule has 0 fully saturated rings. The first-order valence-electron chi connectivity index (χ1n) is 10.4. The van der Waals surface area contributed by atoms with Crippen molar-refractivity contribution in [3.8, 4) is 23.0 Å². The second-order valence-corrected chi connectivity index (χ2v) is 7.34. The predicted molar refractivity (Wildman–Crippen MR) is 131 cm³/mol. The van der Waals surface area contributed by atoms with E-state index in [1.165, 1.54) is 11.1 Å². The summed E-state index contributed by atoms with van der Waals surface area (Å²) in [5.74, 6) is 3.01. The summed E-state index contributed by atoms with van der Waals surface area (Å²) < 4.78 is 22.4. The van der Waals surface area contributed by atoms with E-state index in [0.717, 1.165) is 47.1 Å². The van der Waals surface area contributed by atoms with Crippen LogP contribution in [0.5, 0.6) is 23.0 Å². The molecule has 5 nitrogen and oxygen atoms in total. The fourth-order valence-corrected chi connectivity index (χ4v) is 3.36. The third-order valence-corrected chi connectivity index (χ3v) is 5.14. The van der Waals surface area contributed by atoms with E-state index in [4.69, 9.17) is 18.9 Å². The fraction of sp³-hybridized carbons (Fsp3) is 0.308. The van der Waals surface area contributed by atoms with Gasteiger partial charge in [0.15, 0.2) is 23.0 Å². The quantitative estimate of drug-likeness (QED) is 0.393. The maximum Gasteiger partial charge on any atom is 0.166 e. The Balaban J connectivity index is 0.00000363. The van der Waals surface area contributed by atoms with Crippen molar-refractivity contribution in [3.63, 3.8) is 0 Å². The minimum absolute atomic E-state index is 0. The number of aryl methyl sites for hydroxylation is 1. The molecule has 0 unspecified atom stereocenters. The molecule has 0 spiro atoms. The Morgan fingerprint density at radius 1 is 0.750 bits per heavy atom. The summed E-state index contributed by atoms with van der Waals surface area (Å²) >= 11 is 0. The van der Waals surface area contributed by atoms with Gasteiger partial charge in [-0.3, -0.25) is 0 Å². The molecule has 3 rings (SSSR count). The molecule has 3 aromatic rings. The average Bonchev–Trinajstić information content (AvgIpc) is 2.81. The van der Waals surface area contributed by atoms with E-state index in [2.05, 4.69) is 48.6 Å². The minimum Gasteiger partial charge on any atom is -0.493 e. The number of benzene rings is 3. The lowest BCUT2D eigenvalue weighted by Gasteiger charge is -2.16. The standard InChI is InChI=1S/C26H31NO4.ClH/c1-19-8-10-21(11-9-19)18-31-26-22(6-5-7-24(26)29-3)17-27-15-14-20-12-13-23(28-2)25(16-20)30-4;/h5-13,16,27H,14-15,17-18H2,1-4H3;1H. The van der Waals surface area contributed by atoms with Crippen LogP contribution in [0, 0.1) is 6.92 Å². The van der Waals surface area contributed by atoms with Crippen LogP contribution < -0.4 is 24.3 Å². The van der Waals surface area contributed by atoms with Crippen molar-refractivity contribution in [2.75, 3.05) is 27.9 Å². The van der Waals surface area contributed by atoms with Gasteiger partial charge in [-0.15, -0.1) is 12.4 Å². The van der Waals surface area contributed by atoms with Gasteiger partial charge in [0, 0.05) is 12.1 Å². The molecule has 172 valence electrons. The summed E-state index contributed by atoms with van der Waals surface area (Å²) in [4.78, 5) is 0. The van der Waals surface area contributed by atoms with E-state index in [-0.39, 0.29) is 12.4 Å². The van der Waals surface area contributed by atoms with Gasteiger partial charge in [0.2, 0.25) is 0 Å². The molecule has 32 heavy (non-hydrogen) atoms. The van der Waals surface area contributed by atoms with Crippen LogP contribution in [-0.4, -0.2) is 27.9 Å². The molecule has 1 N–H and O–H groups in total. The molecule has 0 saturated carbocycles. The second-order valence-electron chi connectivity index (χ2n) is 7.34. The maximum atomic E-state index is 6.16. The zero-order valence-electron chi connectivity index (χ0n) is 19.1. The molecule has 0 saturated heterocycles. The van der Waals surface area contributed by atoms with E-state index in [1.807, 2.05) is 24.3 Å². The molecule has 0 aliphatic rings. The van der Waals surface area contributed by atoms with Crippen molar-refractivity contribution in [2.45, 2.75) is 26.5 Å². The monoisotopic (exact) mass is 457 g/mol. The van der Waals surface area contributed by atoms with Crippen LogP contribution in [0.15, 0.2) is 60.7 Å². The first-order chi connectivity index (χ1) is 15.1. The van der Waals surface area contributed by atoms with Gasteiger partial charge in [-0.25, -0.2) is 0 Å². The lowest BCUT2D eigenvalue weighted by atomic mass is 10.1. The lowest BCUT2D eigenvalue weighted by Crippen LogP contribution is -2.17. The molecule has 0 bridgehead atoms. The topological polar surface area (TPSA) is 49.0 Å². The van der Waals surface area contributed by atoms with Gasteiger partial charge >= 0.3 is 0 Å². The van der Waals surface area contributed by atoms with Crippen molar-refractivity contribution in [3.05, 3.63) is 82.9 Å². The van der Waals surface area contributed by atoms with Crippen molar-refractivity contribution in [1.82, 2.24) is 5.32 Å². The summed E-state index contributed by atoms with van der Waals surface area (Å²) in [6.07, 6.45) is 0.879. The van der Waals surface area contributed by atoms with E-state index in [1.54, 1.807) is 21.3 Å². The Labute approximate surface area is 197 Å². The van der Waals surface area contributed by atoms with Gasteiger partial charge in [-0.05, 0) is 49.2 Å². The molecule has 0 heterocycles. The first-order valence-corrected chi connectivity index (χ1v) is 10.4. The number of para-hydroxylation sites is 1. The van der Waals surface area contributed by atoms with Crippen LogP contribution in [0.1, 0.15) is 22.3 Å². The highest BCUT2D eigenvalue weighted by Crippen LogP contribution is 2.32. The maximum absolute atomic E-state index is 6.16. The van der Waals surface area contributed by atoms with Crippen molar-refractivity contribution in [2.24, 2.45) is 0 Å². The molecule has 6 heteroatoms. The summed E-state index contributed by atoms with van der Waals surface area (Å²) in [5, 5.41) is 3.51. The Morgan fingerprint density at radius 2 is 1.44 bits per heavy atom. The Hall–Kier alpha value is -2.89. The van der Waals surface area contributed by atoms with Gasteiger partial charge in [0.05, 0.1) is 21.3 Å². The highest BCUT2D eigenvalue weighted by Gasteiger charge is 2.11. The molecule has 0 aromatic heterocycles. The Morgan fingerprint density at radius 3 is 2.12 bits per heavy atom. The molecule has 0 radical (unpaired) electrons. The summed E-state index contributed by atoms with van der Waals surface area (Å²) in [6.45, 7) is 4.09. The van der Waals surface area contributed by atoms with Crippen LogP contribution in [0.2, 0.25) is 0 Å². The van der Waals surface area contributed by atoms with Crippen molar-refractivity contribution in [1.29, 1.82) is 0 Å². The van der Waals surface area contributed by atoms with Gasteiger partial charge in [-0.2, -0.15) is 0 Å². The van der Waals surface area contributed by atoms with Crippen LogP contribution in [-0.2, 0) is 19.6 Å². The third kappa shape index (κ3) is 6.81. The SMILES string of the molecule is COc1ccc(CCNCc2cccc(OC)c2OCc2ccc(C)cc2)cc1OC.Cl. The van der Waals surface area contributed by atoms with E-state index >= 15 is 0 Å². The number of methoxy groups -OCH3 is 3. The number of halogens is 1. The van der Waals surface area contributed by atoms with Crippen LogP contribution in [0.3, 0.4) is 0 Å². The smallest absolute Gasteiger partial charge is 0.166 e. The van der Waals surface area contributed by atoms with Gasteiger partial charge < -0.3 is 24.3 Å². The molecule has 0 amide bonds. The fourth-order valence-electron chi connectivity index (χ4n) is 3.36. The minimum atomic E-state index is 0. The van der Waals surface area contributed by atoms with Gasteiger partial charge in [0.25, 0.3) is 0 Å². The number of hydrogen-bond donors (Lipinski definition) is 1. The zero-order valence-corrected chi connectivity index (χ0v) is 20.0. The molecule has 3 aromatic carbocycles. The molecular weight excluding hydrogens is 426 g/mol. The normalized spacial score (nSPS) is 10.2. The largest absolute Gasteiger partial charge is 0.493 e. The van der Waals surface area contributed by atoms with Crippen LogP contribution in [0.25, 0.3) is 0 Å². The first kappa shape index (κ1) is 25.4. The molecule has 0 aliphatic heterocycles. The molecule has 0 aliphatic carbocycles. The van der Waals surface area contributed by atoms with Crippen molar-refractivity contribution >= 4 is 12.4 Å². The van der Waals surface area contributed by atoms with Gasteiger partial charge in [0.1, 0.15) is 6.61 Å². The highest BCUT2D eigenvalue weighted by atomic mass is 35.5. The number of hydrogen-bond acceptors (Lipinski definition) is 5. The molecular formula is C26H32ClNO4. The van der Waals surface area contributed by atoms with Crippen LogP contribution >= 0.6 is 12.4 Å². The number of rotatable bonds is 11. The summed E-state index contributed by atoms with van der Waals surface area (Å²) in [5.41, 5.74) is 4.62. The Bertz CT molecular complexity index is 976.